The highest BCUT2D eigenvalue weighted by Gasteiger charge is 2.32. The zero-order valence-electron chi connectivity index (χ0n) is 18.3. The van der Waals surface area contributed by atoms with Crippen molar-refractivity contribution in [2.45, 2.75) is 46.8 Å². The van der Waals surface area contributed by atoms with Gasteiger partial charge in [0.05, 0.1) is 18.8 Å². The molecular weight excluding hydrogens is 418 g/mol. The molecule has 3 aromatic rings. The third-order valence-electron chi connectivity index (χ3n) is 4.81. The number of rotatable bonds is 7. The number of hydrogen-bond donors (Lipinski definition) is 0. The molecule has 0 atom stereocenters. The van der Waals surface area contributed by atoms with Crippen LogP contribution in [-0.4, -0.2) is 32.5 Å². The maximum atomic E-state index is 12.8. The van der Waals surface area contributed by atoms with Crippen molar-refractivity contribution in [2.75, 3.05) is 6.61 Å². The van der Waals surface area contributed by atoms with Gasteiger partial charge < -0.3 is 9.47 Å². The fourth-order valence-electron chi connectivity index (χ4n) is 3.29. The lowest BCUT2D eigenvalue weighted by Crippen LogP contribution is -2.40. The molecule has 0 saturated carbocycles. The van der Waals surface area contributed by atoms with Gasteiger partial charge in [-0.05, 0) is 75.6 Å². The summed E-state index contributed by atoms with van der Waals surface area (Å²) < 4.78 is 14.0. The minimum Gasteiger partial charge on any atom is -0.476 e. The Morgan fingerprint density at radius 3 is 2.32 bits per heavy atom. The lowest BCUT2D eigenvalue weighted by atomic mass is 10.0. The Balaban J connectivity index is 1.84. The van der Waals surface area contributed by atoms with Crippen molar-refractivity contribution >= 4 is 17.6 Å². The number of aryl methyl sites for hydroxylation is 2. The molecule has 0 aliphatic carbocycles. The molecule has 164 valence electrons. The van der Waals surface area contributed by atoms with E-state index in [0.717, 1.165) is 16.7 Å². The Morgan fingerprint density at radius 1 is 1.13 bits per heavy atom. The van der Waals surface area contributed by atoms with E-state index in [-0.39, 0.29) is 5.69 Å². The standard InChI is InChI=1S/C23H26ClN3O4/c1-6-30-21(28)23(4,5)31-20-15(2)11-17(12-16(20)3)13-27-22(29)26(14-25-27)19-9-7-18(24)8-10-19/h7-12,14H,6,13H2,1-5H3. The van der Waals surface area contributed by atoms with E-state index in [9.17, 15) is 9.59 Å². The lowest BCUT2D eigenvalue weighted by Gasteiger charge is -2.26. The van der Waals surface area contributed by atoms with Crippen LogP contribution in [0.1, 0.15) is 37.5 Å². The Labute approximate surface area is 186 Å². The van der Waals surface area contributed by atoms with E-state index in [4.69, 9.17) is 21.1 Å². The molecule has 0 N–H and O–H groups in total. The van der Waals surface area contributed by atoms with E-state index in [1.165, 1.54) is 15.6 Å². The van der Waals surface area contributed by atoms with Gasteiger partial charge in [-0.1, -0.05) is 23.7 Å². The summed E-state index contributed by atoms with van der Waals surface area (Å²) >= 11 is 5.92. The minimum absolute atomic E-state index is 0.249. The number of hydrogen-bond acceptors (Lipinski definition) is 5. The summed E-state index contributed by atoms with van der Waals surface area (Å²) in [6.07, 6.45) is 1.49. The van der Waals surface area contributed by atoms with Gasteiger partial charge >= 0.3 is 11.7 Å². The van der Waals surface area contributed by atoms with Gasteiger partial charge in [-0.2, -0.15) is 5.10 Å². The van der Waals surface area contributed by atoms with E-state index in [1.807, 2.05) is 26.0 Å². The molecule has 0 fully saturated rings. The molecule has 8 heteroatoms. The van der Waals surface area contributed by atoms with Crippen LogP contribution < -0.4 is 10.4 Å². The molecule has 0 amide bonds. The summed E-state index contributed by atoms with van der Waals surface area (Å²) in [4.78, 5) is 24.9. The molecule has 0 saturated heterocycles. The van der Waals surface area contributed by atoms with Crippen LogP contribution in [0.4, 0.5) is 0 Å². The number of carbonyl (C=O) groups is 1. The Kier molecular flexibility index (Phi) is 6.55. The molecule has 0 unspecified atom stereocenters. The predicted molar refractivity (Wildman–Crippen MR) is 119 cm³/mol. The molecule has 0 radical (unpaired) electrons. The SMILES string of the molecule is CCOC(=O)C(C)(C)Oc1c(C)cc(Cn2ncn(-c3ccc(Cl)cc3)c2=O)cc1C. The fourth-order valence-corrected chi connectivity index (χ4v) is 3.42. The smallest absolute Gasteiger partial charge is 0.350 e. The van der Waals surface area contributed by atoms with Crippen molar-refractivity contribution in [1.29, 1.82) is 0 Å². The third kappa shape index (κ3) is 4.99. The first-order chi connectivity index (χ1) is 14.6. The van der Waals surface area contributed by atoms with Crippen molar-refractivity contribution in [3.8, 4) is 11.4 Å². The first-order valence-corrected chi connectivity index (χ1v) is 10.4. The molecule has 7 nitrogen and oxygen atoms in total. The molecule has 3 rings (SSSR count). The maximum absolute atomic E-state index is 12.8. The van der Waals surface area contributed by atoms with Gasteiger partial charge in [-0.3, -0.25) is 0 Å². The first-order valence-electron chi connectivity index (χ1n) is 9.99. The molecule has 31 heavy (non-hydrogen) atoms. The van der Waals surface area contributed by atoms with Gasteiger partial charge in [-0.15, -0.1) is 0 Å². The topological polar surface area (TPSA) is 75.3 Å². The minimum atomic E-state index is -1.11. The van der Waals surface area contributed by atoms with Gasteiger partial charge in [0.1, 0.15) is 12.1 Å². The number of halogens is 1. The average molecular weight is 444 g/mol. The quantitative estimate of drug-likeness (QED) is 0.514. The molecule has 0 spiro atoms. The largest absolute Gasteiger partial charge is 0.476 e. The summed E-state index contributed by atoms with van der Waals surface area (Å²) in [5.74, 6) is 0.206. The third-order valence-corrected chi connectivity index (χ3v) is 5.07. The van der Waals surface area contributed by atoms with E-state index in [0.29, 0.717) is 29.6 Å². The second kappa shape index (κ2) is 8.98. The van der Waals surface area contributed by atoms with Crippen LogP contribution in [0, 0.1) is 13.8 Å². The summed E-state index contributed by atoms with van der Waals surface area (Å²) in [7, 11) is 0. The normalized spacial score (nSPS) is 11.4. The molecular formula is C23H26ClN3O4. The molecule has 1 heterocycles. The Morgan fingerprint density at radius 2 is 1.74 bits per heavy atom. The second-order valence-corrected chi connectivity index (χ2v) is 8.25. The van der Waals surface area contributed by atoms with E-state index in [1.54, 1.807) is 45.0 Å². The molecule has 2 aromatic carbocycles. The Hall–Kier alpha value is -3.06. The maximum Gasteiger partial charge on any atom is 0.350 e. The number of nitrogens with zero attached hydrogens (tertiary/aromatic N) is 3. The van der Waals surface area contributed by atoms with E-state index in [2.05, 4.69) is 5.10 Å². The van der Waals surface area contributed by atoms with Crippen molar-refractivity contribution < 1.29 is 14.3 Å². The van der Waals surface area contributed by atoms with Crippen LogP contribution in [-0.2, 0) is 16.1 Å². The van der Waals surface area contributed by atoms with E-state index < -0.39 is 11.6 Å². The number of ether oxygens (including phenoxy) is 2. The predicted octanol–water partition coefficient (Wildman–Crippen LogP) is 4.07. The van der Waals surface area contributed by atoms with Crippen LogP contribution in [0.3, 0.4) is 0 Å². The highest BCUT2D eigenvalue weighted by Crippen LogP contribution is 2.29. The van der Waals surface area contributed by atoms with Crippen LogP contribution >= 0.6 is 11.6 Å². The van der Waals surface area contributed by atoms with Crippen molar-refractivity contribution in [1.82, 2.24) is 14.3 Å². The summed E-state index contributed by atoms with van der Waals surface area (Å²) in [6, 6.07) is 10.8. The first kappa shape index (κ1) is 22.6. The van der Waals surface area contributed by atoms with Crippen LogP contribution in [0.15, 0.2) is 47.5 Å². The summed E-state index contributed by atoms with van der Waals surface area (Å²) in [5, 5.41) is 4.84. The molecule has 0 bridgehead atoms. The van der Waals surface area contributed by atoms with Crippen LogP contribution in [0.25, 0.3) is 5.69 Å². The number of aromatic nitrogens is 3. The average Bonchev–Trinajstić information content (AvgIpc) is 3.06. The monoisotopic (exact) mass is 443 g/mol. The Bertz CT molecular complexity index is 1120. The van der Waals surface area contributed by atoms with E-state index >= 15 is 0 Å². The second-order valence-electron chi connectivity index (χ2n) is 7.81. The van der Waals surface area contributed by atoms with Gasteiger partial charge in [0.25, 0.3) is 0 Å². The number of carbonyl (C=O) groups excluding carboxylic acids is 1. The molecule has 0 aliphatic rings. The van der Waals surface area contributed by atoms with Gasteiger partial charge in [0, 0.05) is 5.02 Å². The van der Waals surface area contributed by atoms with Crippen LogP contribution in [0.2, 0.25) is 5.02 Å². The summed E-state index contributed by atoms with van der Waals surface area (Å²) in [5.41, 5.74) is 1.95. The highest BCUT2D eigenvalue weighted by atomic mass is 35.5. The lowest BCUT2D eigenvalue weighted by molar-refractivity contribution is -0.158. The van der Waals surface area contributed by atoms with Gasteiger partial charge in [0.15, 0.2) is 5.60 Å². The zero-order valence-corrected chi connectivity index (χ0v) is 19.1. The zero-order chi connectivity index (χ0) is 22.8. The van der Waals surface area contributed by atoms with Crippen molar-refractivity contribution in [3.63, 3.8) is 0 Å². The molecule has 0 aliphatic heterocycles. The van der Waals surface area contributed by atoms with Gasteiger partial charge in [-0.25, -0.2) is 18.8 Å². The highest BCUT2D eigenvalue weighted by molar-refractivity contribution is 6.30. The summed E-state index contributed by atoms with van der Waals surface area (Å²) in [6.45, 7) is 9.53. The van der Waals surface area contributed by atoms with Gasteiger partial charge in [0.2, 0.25) is 0 Å². The fraction of sp³-hybridized carbons (Fsp3) is 0.348. The number of esters is 1. The van der Waals surface area contributed by atoms with Crippen molar-refractivity contribution in [2.24, 2.45) is 0 Å². The number of benzene rings is 2. The van der Waals surface area contributed by atoms with Crippen LogP contribution in [0.5, 0.6) is 5.75 Å². The molecule has 1 aromatic heterocycles. The van der Waals surface area contributed by atoms with Crippen molar-refractivity contribution in [3.05, 3.63) is 74.9 Å².